The number of rotatable bonds is 7. The molecule has 0 saturated carbocycles. The van der Waals surface area contributed by atoms with Gasteiger partial charge in [0.15, 0.2) is 0 Å². The number of nitrogens with zero attached hydrogens (tertiary/aromatic N) is 2. The van der Waals surface area contributed by atoms with Crippen molar-refractivity contribution >= 4 is 10.0 Å². The number of unbranched alkanes of at least 4 members (excludes halogenated alkanes) is 1. The van der Waals surface area contributed by atoms with Crippen LogP contribution >= 0.6 is 0 Å². The van der Waals surface area contributed by atoms with E-state index < -0.39 is 10.0 Å². The first kappa shape index (κ1) is 14.7. The van der Waals surface area contributed by atoms with Gasteiger partial charge >= 0.3 is 0 Å². The van der Waals surface area contributed by atoms with Gasteiger partial charge in [0.25, 0.3) is 0 Å². The van der Waals surface area contributed by atoms with E-state index in [9.17, 15) is 8.42 Å². The van der Waals surface area contributed by atoms with Gasteiger partial charge in [-0.2, -0.15) is 4.98 Å². The van der Waals surface area contributed by atoms with Crippen molar-refractivity contribution in [1.82, 2.24) is 14.9 Å². The van der Waals surface area contributed by atoms with Gasteiger partial charge in [0.05, 0.1) is 12.3 Å². The van der Waals surface area contributed by atoms with Crippen LogP contribution in [0, 0.1) is 0 Å². The molecule has 1 N–H and O–H groups in total. The molecule has 108 valence electrons. The first-order chi connectivity index (χ1) is 9.61. The lowest BCUT2D eigenvalue weighted by Crippen LogP contribution is -2.26. The number of aromatic nitrogens is 2. The third-order valence-electron chi connectivity index (χ3n) is 2.71. The van der Waals surface area contributed by atoms with Crippen LogP contribution in [0.5, 0.6) is 0 Å². The van der Waals surface area contributed by atoms with Crippen LogP contribution in [0.2, 0.25) is 0 Å². The zero-order chi connectivity index (χ0) is 14.4. The fraction of sp³-hybridized carbons (Fsp3) is 0.385. The smallest absolute Gasteiger partial charge is 0.242 e. The highest BCUT2D eigenvalue weighted by atomic mass is 32.2. The monoisotopic (exact) mass is 295 g/mol. The third kappa shape index (κ3) is 4.14. The zero-order valence-corrected chi connectivity index (χ0v) is 12.1. The highest BCUT2D eigenvalue weighted by Crippen LogP contribution is 2.14. The molecule has 0 spiro atoms. The summed E-state index contributed by atoms with van der Waals surface area (Å²) in [5.41, 5.74) is 0.830. The number of hydrogen-bond donors (Lipinski definition) is 1. The lowest BCUT2D eigenvalue weighted by atomic mass is 10.2. The fourth-order valence-corrected chi connectivity index (χ4v) is 2.77. The van der Waals surface area contributed by atoms with E-state index in [1.54, 1.807) is 0 Å². The Morgan fingerprint density at radius 1 is 1.25 bits per heavy atom. The van der Waals surface area contributed by atoms with E-state index in [1.807, 2.05) is 37.3 Å². The minimum Gasteiger partial charge on any atom is -0.338 e. The Morgan fingerprint density at radius 3 is 2.70 bits per heavy atom. The van der Waals surface area contributed by atoms with Crippen LogP contribution in [0.4, 0.5) is 0 Å². The molecule has 0 aliphatic rings. The lowest BCUT2D eigenvalue weighted by Gasteiger charge is -2.02. The van der Waals surface area contributed by atoms with E-state index in [1.165, 1.54) is 0 Å². The van der Waals surface area contributed by atoms with Gasteiger partial charge in [-0.3, -0.25) is 0 Å². The number of nitrogens with one attached hydrogen (secondary N) is 1. The Hall–Kier alpha value is -1.73. The van der Waals surface area contributed by atoms with Gasteiger partial charge in [0, 0.05) is 5.56 Å². The van der Waals surface area contributed by atoms with E-state index in [2.05, 4.69) is 14.9 Å². The summed E-state index contributed by atoms with van der Waals surface area (Å²) in [6.07, 6.45) is 1.47. The molecule has 0 aliphatic heterocycles. The summed E-state index contributed by atoms with van der Waals surface area (Å²) < 4.78 is 30.8. The average molecular weight is 295 g/mol. The maximum Gasteiger partial charge on any atom is 0.242 e. The van der Waals surface area contributed by atoms with Crippen LogP contribution in [-0.2, 0) is 16.6 Å². The zero-order valence-electron chi connectivity index (χ0n) is 11.2. The summed E-state index contributed by atoms with van der Waals surface area (Å²) in [5.74, 6) is 0.820. The Kier molecular flexibility index (Phi) is 4.86. The molecule has 0 unspecified atom stereocenters. The minimum absolute atomic E-state index is 0.0197. The molecule has 7 heteroatoms. The van der Waals surface area contributed by atoms with E-state index >= 15 is 0 Å². The van der Waals surface area contributed by atoms with Crippen molar-refractivity contribution in [3.05, 3.63) is 36.2 Å². The van der Waals surface area contributed by atoms with Crippen LogP contribution in [0.1, 0.15) is 25.7 Å². The maximum atomic E-state index is 11.6. The maximum absolute atomic E-state index is 11.6. The summed E-state index contributed by atoms with van der Waals surface area (Å²) >= 11 is 0. The number of sulfonamides is 1. The predicted molar refractivity (Wildman–Crippen MR) is 75.3 cm³/mol. The molecule has 0 bridgehead atoms. The molecule has 0 saturated heterocycles. The third-order valence-corrected chi connectivity index (χ3v) is 4.12. The molecule has 0 radical (unpaired) electrons. The Morgan fingerprint density at radius 2 is 2.00 bits per heavy atom. The highest BCUT2D eigenvalue weighted by molar-refractivity contribution is 7.89. The van der Waals surface area contributed by atoms with Crippen molar-refractivity contribution in [1.29, 1.82) is 0 Å². The van der Waals surface area contributed by atoms with E-state index in [0.29, 0.717) is 12.2 Å². The van der Waals surface area contributed by atoms with Crippen molar-refractivity contribution in [2.24, 2.45) is 0 Å². The fourth-order valence-electron chi connectivity index (χ4n) is 1.61. The quantitative estimate of drug-likeness (QED) is 0.844. The second-order valence-corrected chi connectivity index (χ2v) is 6.30. The van der Waals surface area contributed by atoms with Crippen LogP contribution in [0.3, 0.4) is 0 Å². The second kappa shape index (κ2) is 6.62. The van der Waals surface area contributed by atoms with Gasteiger partial charge in [-0.05, 0) is 6.42 Å². The molecule has 0 amide bonds. The van der Waals surface area contributed by atoms with E-state index in [0.717, 1.165) is 12.0 Å². The van der Waals surface area contributed by atoms with Gasteiger partial charge < -0.3 is 4.52 Å². The molecule has 0 fully saturated rings. The molecule has 1 aromatic heterocycles. The van der Waals surface area contributed by atoms with E-state index in [-0.39, 0.29) is 18.2 Å². The SMILES string of the molecule is CCCCS(=O)(=O)NCc1nc(-c2ccccc2)no1. The van der Waals surface area contributed by atoms with E-state index in [4.69, 9.17) is 4.52 Å². The topological polar surface area (TPSA) is 85.1 Å². The molecule has 1 aromatic carbocycles. The van der Waals surface area contributed by atoms with Crippen LogP contribution in [0.15, 0.2) is 34.9 Å². The molecule has 6 nitrogen and oxygen atoms in total. The average Bonchev–Trinajstić information content (AvgIpc) is 2.93. The van der Waals surface area contributed by atoms with Gasteiger partial charge in [-0.1, -0.05) is 48.8 Å². The summed E-state index contributed by atoms with van der Waals surface area (Å²) in [4.78, 5) is 4.16. The Labute approximate surface area is 118 Å². The Balaban J connectivity index is 1.97. The molecule has 2 rings (SSSR count). The van der Waals surface area contributed by atoms with Gasteiger partial charge in [-0.25, -0.2) is 13.1 Å². The molecule has 20 heavy (non-hydrogen) atoms. The molecule has 2 aromatic rings. The lowest BCUT2D eigenvalue weighted by molar-refractivity contribution is 0.376. The van der Waals surface area contributed by atoms with Crippen LogP contribution < -0.4 is 4.72 Å². The summed E-state index contributed by atoms with van der Waals surface area (Å²) in [6, 6.07) is 9.37. The molecule has 1 heterocycles. The van der Waals surface area contributed by atoms with Crippen molar-refractivity contribution in [3.8, 4) is 11.4 Å². The van der Waals surface area contributed by atoms with Crippen molar-refractivity contribution in [2.45, 2.75) is 26.3 Å². The van der Waals surface area contributed by atoms with Crippen molar-refractivity contribution < 1.29 is 12.9 Å². The molecular weight excluding hydrogens is 278 g/mol. The van der Waals surface area contributed by atoms with Gasteiger partial charge in [0.2, 0.25) is 21.7 Å². The largest absolute Gasteiger partial charge is 0.338 e. The highest BCUT2D eigenvalue weighted by Gasteiger charge is 2.13. The van der Waals surface area contributed by atoms with Crippen molar-refractivity contribution in [2.75, 3.05) is 5.75 Å². The number of hydrogen-bond acceptors (Lipinski definition) is 5. The van der Waals surface area contributed by atoms with Crippen LogP contribution in [0.25, 0.3) is 11.4 Å². The second-order valence-electron chi connectivity index (χ2n) is 4.37. The molecule has 0 atom stereocenters. The first-order valence-corrected chi connectivity index (χ1v) is 8.11. The predicted octanol–water partition coefficient (Wildman–Crippen LogP) is 1.96. The first-order valence-electron chi connectivity index (χ1n) is 6.46. The molecule has 0 aliphatic carbocycles. The standard InChI is InChI=1S/C13H17N3O3S/c1-2-3-9-20(17,18)14-10-12-15-13(16-19-12)11-7-5-4-6-8-11/h4-8,14H,2-3,9-10H2,1H3. The van der Waals surface area contributed by atoms with Crippen LogP contribution in [-0.4, -0.2) is 24.3 Å². The normalized spacial score (nSPS) is 11.7. The summed E-state index contributed by atoms with van der Waals surface area (Å²) in [5, 5.41) is 3.83. The van der Waals surface area contributed by atoms with Gasteiger partial charge in [0.1, 0.15) is 0 Å². The van der Waals surface area contributed by atoms with Crippen molar-refractivity contribution in [3.63, 3.8) is 0 Å². The Bertz CT molecular complexity index is 638. The number of benzene rings is 1. The summed E-state index contributed by atoms with van der Waals surface area (Å²) in [7, 11) is -3.28. The molecular formula is C13H17N3O3S. The summed E-state index contributed by atoms with van der Waals surface area (Å²) in [6.45, 7) is 1.96. The minimum atomic E-state index is -3.28. The van der Waals surface area contributed by atoms with Gasteiger partial charge in [-0.15, -0.1) is 0 Å².